The zero-order valence-electron chi connectivity index (χ0n) is 7.77. The van der Waals surface area contributed by atoms with Crippen molar-refractivity contribution >= 4 is 5.97 Å². The van der Waals surface area contributed by atoms with Gasteiger partial charge in [-0.3, -0.25) is 4.98 Å². The lowest BCUT2D eigenvalue weighted by molar-refractivity contribution is -0.255. The van der Waals surface area contributed by atoms with Gasteiger partial charge in [0.2, 0.25) is 0 Å². The van der Waals surface area contributed by atoms with Crippen molar-refractivity contribution in [3.63, 3.8) is 0 Å². The first-order valence-electron chi connectivity index (χ1n) is 4.51. The summed E-state index contributed by atoms with van der Waals surface area (Å²) in [6.07, 6.45) is 3.97. The van der Waals surface area contributed by atoms with E-state index in [2.05, 4.69) is 4.98 Å². The number of hydrogen-bond acceptors (Lipinski definition) is 4. The van der Waals surface area contributed by atoms with Crippen LogP contribution < -0.4 is 5.11 Å². The van der Waals surface area contributed by atoms with Gasteiger partial charge in [0.15, 0.2) is 0 Å². The summed E-state index contributed by atoms with van der Waals surface area (Å²) in [5.41, 5.74) is 0.930. The van der Waals surface area contributed by atoms with Crippen molar-refractivity contribution in [3.8, 4) is 0 Å². The molecule has 1 rings (SSSR count). The number of unbranched alkanes of at least 4 members (excludes halogenated alkanes) is 1. The smallest absolute Gasteiger partial charge is 0.0899 e. The van der Waals surface area contributed by atoms with E-state index in [1.165, 1.54) is 12.3 Å². The summed E-state index contributed by atoms with van der Waals surface area (Å²) >= 11 is 0. The molecule has 4 nitrogen and oxygen atoms in total. The summed E-state index contributed by atoms with van der Waals surface area (Å²) in [7, 11) is 0. The Hall–Kier alpha value is -1.42. The van der Waals surface area contributed by atoms with Gasteiger partial charge in [-0.2, -0.15) is 0 Å². The standard InChI is InChI=1S/C10H13NO3/c12-6-2-1-3-8-4-5-9(10(13)14)11-7-8/h4-5,7,12H,1-3,6H2,(H,13,14)/p-1. The minimum Gasteiger partial charge on any atom is -0.543 e. The van der Waals surface area contributed by atoms with Crippen LogP contribution in [0, 0.1) is 0 Å². The molecule has 14 heavy (non-hydrogen) atoms. The molecule has 0 aliphatic rings. The number of aromatic carboxylic acids is 1. The summed E-state index contributed by atoms with van der Waals surface area (Å²) < 4.78 is 0. The third-order valence-electron chi connectivity index (χ3n) is 1.91. The molecule has 0 radical (unpaired) electrons. The normalized spacial score (nSPS) is 10.1. The molecule has 76 valence electrons. The van der Waals surface area contributed by atoms with E-state index in [1.807, 2.05) is 0 Å². The van der Waals surface area contributed by atoms with E-state index in [-0.39, 0.29) is 12.3 Å². The van der Waals surface area contributed by atoms with Crippen LogP contribution in [0.4, 0.5) is 0 Å². The zero-order chi connectivity index (χ0) is 10.4. The molecule has 0 aromatic carbocycles. The van der Waals surface area contributed by atoms with Crippen LogP contribution in [0.5, 0.6) is 0 Å². The van der Waals surface area contributed by atoms with Gasteiger partial charge in [-0.25, -0.2) is 0 Å². The summed E-state index contributed by atoms with van der Waals surface area (Å²) in [4.78, 5) is 14.1. The lowest BCUT2D eigenvalue weighted by atomic mass is 10.1. The molecular formula is C10H12NO3-. The molecule has 0 spiro atoms. The van der Waals surface area contributed by atoms with E-state index in [1.54, 1.807) is 6.07 Å². The van der Waals surface area contributed by atoms with Crippen LogP contribution in [0.25, 0.3) is 0 Å². The Morgan fingerprint density at radius 1 is 1.43 bits per heavy atom. The number of hydrogen-bond donors (Lipinski definition) is 1. The highest BCUT2D eigenvalue weighted by Gasteiger charge is 1.96. The lowest BCUT2D eigenvalue weighted by Gasteiger charge is -2.03. The fourth-order valence-electron chi connectivity index (χ4n) is 1.13. The number of carboxylic acids is 1. The highest BCUT2D eigenvalue weighted by Crippen LogP contribution is 2.04. The van der Waals surface area contributed by atoms with Crippen molar-refractivity contribution in [3.05, 3.63) is 29.6 Å². The molecule has 0 unspecified atom stereocenters. The maximum atomic E-state index is 10.4. The third kappa shape index (κ3) is 3.14. The number of carbonyl (C=O) groups is 1. The Balaban J connectivity index is 2.51. The molecule has 0 amide bonds. The quantitative estimate of drug-likeness (QED) is 0.656. The topological polar surface area (TPSA) is 73.2 Å². The summed E-state index contributed by atoms with van der Waals surface area (Å²) in [5, 5.41) is 18.9. The number of carbonyl (C=O) groups excluding carboxylic acids is 1. The molecule has 0 aliphatic heterocycles. The van der Waals surface area contributed by atoms with Gasteiger partial charge in [-0.05, 0) is 30.9 Å². The highest BCUT2D eigenvalue weighted by atomic mass is 16.4. The Bertz CT molecular complexity index is 295. The van der Waals surface area contributed by atoms with E-state index in [4.69, 9.17) is 5.11 Å². The molecule has 1 aromatic rings. The van der Waals surface area contributed by atoms with E-state index in [0.717, 1.165) is 24.8 Å². The number of carboxylic acid groups (broad SMARTS) is 1. The maximum absolute atomic E-state index is 10.4. The largest absolute Gasteiger partial charge is 0.543 e. The molecule has 0 atom stereocenters. The first-order valence-corrected chi connectivity index (χ1v) is 4.51. The minimum absolute atomic E-state index is 0.0455. The van der Waals surface area contributed by atoms with Crippen molar-refractivity contribution in [2.24, 2.45) is 0 Å². The first-order chi connectivity index (χ1) is 6.74. The van der Waals surface area contributed by atoms with Gasteiger partial charge in [-0.15, -0.1) is 0 Å². The second-order valence-corrected chi connectivity index (χ2v) is 3.02. The SMILES string of the molecule is O=C([O-])c1ccc(CCCCO)cn1. The zero-order valence-corrected chi connectivity index (χ0v) is 7.77. The van der Waals surface area contributed by atoms with E-state index >= 15 is 0 Å². The number of aromatic nitrogens is 1. The summed E-state index contributed by atoms with van der Waals surface area (Å²) in [6.45, 7) is 0.185. The molecule has 0 bridgehead atoms. The second-order valence-electron chi connectivity index (χ2n) is 3.02. The van der Waals surface area contributed by atoms with Gasteiger partial charge in [0, 0.05) is 12.8 Å². The summed E-state index contributed by atoms with van der Waals surface area (Å²) in [5.74, 6) is -1.26. The van der Waals surface area contributed by atoms with Crippen LogP contribution in [0.3, 0.4) is 0 Å². The Morgan fingerprint density at radius 3 is 2.71 bits per heavy atom. The molecule has 1 heterocycles. The molecule has 0 saturated heterocycles. The van der Waals surface area contributed by atoms with E-state index in [0.29, 0.717) is 0 Å². The summed E-state index contributed by atoms with van der Waals surface area (Å²) in [6, 6.07) is 3.15. The van der Waals surface area contributed by atoms with Crippen LogP contribution >= 0.6 is 0 Å². The molecule has 1 aromatic heterocycles. The van der Waals surface area contributed by atoms with Crippen molar-refractivity contribution < 1.29 is 15.0 Å². The monoisotopic (exact) mass is 194 g/mol. The predicted molar refractivity (Wildman–Crippen MR) is 48.6 cm³/mol. The van der Waals surface area contributed by atoms with Crippen LogP contribution in [-0.2, 0) is 6.42 Å². The van der Waals surface area contributed by atoms with Gasteiger partial charge < -0.3 is 15.0 Å². The van der Waals surface area contributed by atoms with E-state index < -0.39 is 5.97 Å². The number of pyridine rings is 1. The van der Waals surface area contributed by atoms with Crippen molar-refractivity contribution in [2.45, 2.75) is 19.3 Å². The van der Waals surface area contributed by atoms with Crippen LogP contribution in [0.2, 0.25) is 0 Å². The van der Waals surface area contributed by atoms with Crippen molar-refractivity contribution in [2.75, 3.05) is 6.61 Å². The van der Waals surface area contributed by atoms with Gasteiger partial charge in [0.1, 0.15) is 0 Å². The maximum Gasteiger partial charge on any atom is 0.0899 e. The van der Waals surface area contributed by atoms with Crippen LogP contribution in [0.15, 0.2) is 18.3 Å². The average Bonchev–Trinajstić information content (AvgIpc) is 2.19. The fraction of sp³-hybridized carbons (Fsp3) is 0.400. The van der Waals surface area contributed by atoms with Gasteiger partial charge in [0.05, 0.1) is 11.7 Å². The lowest BCUT2D eigenvalue weighted by Crippen LogP contribution is -2.23. The first kappa shape index (κ1) is 10.7. The van der Waals surface area contributed by atoms with Crippen molar-refractivity contribution in [1.82, 2.24) is 4.98 Å². The van der Waals surface area contributed by atoms with Crippen molar-refractivity contribution in [1.29, 1.82) is 0 Å². The Labute approximate surface area is 82.2 Å². The number of aliphatic hydroxyl groups is 1. The van der Waals surface area contributed by atoms with Gasteiger partial charge in [-0.1, -0.05) is 6.07 Å². The Morgan fingerprint density at radius 2 is 2.21 bits per heavy atom. The van der Waals surface area contributed by atoms with Gasteiger partial charge >= 0.3 is 0 Å². The molecule has 4 heteroatoms. The van der Waals surface area contributed by atoms with Crippen LogP contribution in [0.1, 0.15) is 28.9 Å². The number of rotatable bonds is 5. The third-order valence-corrected chi connectivity index (χ3v) is 1.91. The minimum atomic E-state index is -1.26. The average molecular weight is 194 g/mol. The number of nitrogens with zero attached hydrogens (tertiary/aromatic N) is 1. The Kier molecular flexibility index (Phi) is 4.07. The van der Waals surface area contributed by atoms with Crippen LogP contribution in [-0.4, -0.2) is 22.7 Å². The molecule has 1 N–H and O–H groups in total. The van der Waals surface area contributed by atoms with Gasteiger partial charge in [0.25, 0.3) is 0 Å². The predicted octanol–water partition coefficient (Wildman–Crippen LogP) is -0.240. The molecular weight excluding hydrogens is 182 g/mol. The molecule has 0 fully saturated rings. The molecule has 0 aliphatic carbocycles. The second kappa shape index (κ2) is 5.34. The number of aliphatic hydroxyl groups excluding tert-OH is 1. The molecule has 0 saturated carbocycles. The fourth-order valence-corrected chi connectivity index (χ4v) is 1.13. The highest BCUT2D eigenvalue weighted by molar-refractivity contribution is 5.83. The van der Waals surface area contributed by atoms with E-state index in [9.17, 15) is 9.90 Å². The number of aryl methyl sites for hydroxylation is 1.